The molecular formula is C15H22N2O3S. The Bertz CT molecular complexity index is 597. The molecular weight excluding hydrogens is 288 g/mol. The Morgan fingerprint density at radius 3 is 2.67 bits per heavy atom. The van der Waals surface area contributed by atoms with Gasteiger partial charge in [-0.2, -0.15) is 17.4 Å². The minimum Gasteiger partial charge on any atom is -0.491 e. The van der Waals surface area contributed by atoms with Crippen LogP contribution >= 0.6 is 0 Å². The minimum absolute atomic E-state index is 0.119. The van der Waals surface area contributed by atoms with Crippen molar-refractivity contribution in [1.82, 2.24) is 9.03 Å². The number of para-hydroxylation sites is 1. The zero-order valence-electron chi connectivity index (χ0n) is 12.3. The van der Waals surface area contributed by atoms with Gasteiger partial charge in [0.15, 0.2) is 0 Å². The number of rotatable bonds is 4. The molecule has 3 rings (SSSR count). The lowest BCUT2D eigenvalue weighted by Gasteiger charge is -2.31. The normalized spacial score (nSPS) is 23.0. The molecule has 0 aromatic heterocycles. The smallest absolute Gasteiger partial charge is 0.280 e. The van der Waals surface area contributed by atoms with Gasteiger partial charge in [-0.3, -0.25) is 0 Å². The van der Waals surface area contributed by atoms with Gasteiger partial charge < -0.3 is 4.74 Å². The van der Waals surface area contributed by atoms with Crippen molar-refractivity contribution >= 4 is 10.2 Å². The topological polar surface area (TPSA) is 58.6 Å². The zero-order chi connectivity index (χ0) is 14.9. The molecule has 5 nitrogen and oxygen atoms in total. The van der Waals surface area contributed by atoms with Crippen LogP contribution in [0, 0.1) is 0 Å². The van der Waals surface area contributed by atoms with E-state index in [9.17, 15) is 8.42 Å². The molecule has 0 bridgehead atoms. The highest BCUT2D eigenvalue weighted by atomic mass is 32.2. The summed E-state index contributed by atoms with van der Waals surface area (Å²) in [7, 11) is -1.80. The molecule has 0 saturated heterocycles. The Labute approximate surface area is 126 Å². The standard InChI is InChI=1S/C15H22N2O3S/c1-17(12-7-3-2-4-8-12)21(18,19)16-14-11-20-15-10-6-5-9-13(14)15/h5-6,9-10,12,14,16H,2-4,7-8,11H2,1H3/t14-/m0/s1. The van der Waals surface area contributed by atoms with Gasteiger partial charge in [0.1, 0.15) is 12.4 Å². The molecule has 2 aliphatic rings. The minimum atomic E-state index is -3.48. The van der Waals surface area contributed by atoms with Crippen LogP contribution < -0.4 is 9.46 Å². The molecule has 0 spiro atoms. The van der Waals surface area contributed by atoms with E-state index in [1.165, 1.54) is 10.7 Å². The Morgan fingerprint density at radius 1 is 1.19 bits per heavy atom. The summed E-state index contributed by atoms with van der Waals surface area (Å²) < 4.78 is 34.9. The number of hydrogen-bond donors (Lipinski definition) is 1. The van der Waals surface area contributed by atoms with E-state index < -0.39 is 10.2 Å². The van der Waals surface area contributed by atoms with E-state index in [0.29, 0.717) is 6.61 Å². The second-order valence-corrected chi connectivity index (χ2v) is 7.59. The Balaban J connectivity index is 1.72. The highest BCUT2D eigenvalue weighted by Gasteiger charge is 2.33. The lowest BCUT2D eigenvalue weighted by molar-refractivity contribution is 0.277. The van der Waals surface area contributed by atoms with Crippen molar-refractivity contribution in [2.24, 2.45) is 0 Å². The first-order valence-corrected chi connectivity index (χ1v) is 8.99. The van der Waals surface area contributed by atoms with Gasteiger partial charge in [0.05, 0.1) is 6.04 Å². The monoisotopic (exact) mass is 310 g/mol. The van der Waals surface area contributed by atoms with Crippen molar-refractivity contribution in [3.63, 3.8) is 0 Å². The third-order valence-electron chi connectivity index (χ3n) is 4.46. The highest BCUT2D eigenvalue weighted by Crippen LogP contribution is 2.32. The van der Waals surface area contributed by atoms with Crippen LogP contribution in [0.1, 0.15) is 43.7 Å². The van der Waals surface area contributed by atoms with E-state index in [1.54, 1.807) is 7.05 Å². The van der Waals surface area contributed by atoms with Gasteiger partial charge in [-0.05, 0) is 18.9 Å². The van der Waals surface area contributed by atoms with Gasteiger partial charge in [0, 0.05) is 18.7 Å². The molecule has 1 N–H and O–H groups in total. The molecule has 116 valence electrons. The van der Waals surface area contributed by atoms with E-state index >= 15 is 0 Å². The molecule has 1 aliphatic heterocycles. The van der Waals surface area contributed by atoms with E-state index in [-0.39, 0.29) is 12.1 Å². The van der Waals surface area contributed by atoms with Crippen LogP contribution in [0.4, 0.5) is 0 Å². The Morgan fingerprint density at radius 2 is 1.90 bits per heavy atom. The van der Waals surface area contributed by atoms with Crippen molar-refractivity contribution < 1.29 is 13.2 Å². The first-order chi connectivity index (χ1) is 10.1. The maximum Gasteiger partial charge on any atom is 0.280 e. The fourth-order valence-electron chi connectivity index (χ4n) is 3.16. The molecule has 6 heteroatoms. The molecule has 0 amide bonds. The number of nitrogens with one attached hydrogen (secondary N) is 1. The van der Waals surface area contributed by atoms with Crippen LogP contribution in [0.2, 0.25) is 0 Å². The largest absolute Gasteiger partial charge is 0.491 e. The van der Waals surface area contributed by atoms with Crippen LogP contribution in [-0.4, -0.2) is 32.4 Å². The molecule has 1 aliphatic carbocycles. The first kappa shape index (κ1) is 14.8. The van der Waals surface area contributed by atoms with Crippen molar-refractivity contribution in [3.05, 3.63) is 29.8 Å². The third kappa shape index (κ3) is 3.07. The molecule has 1 saturated carbocycles. The van der Waals surface area contributed by atoms with E-state index in [4.69, 9.17) is 4.74 Å². The van der Waals surface area contributed by atoms with Crippen LogP contribution in [0.15, 0.2) is 24.3 Å². The molecule has 0 unspecified atom stereocenters. The van der Waals surface area contributed by atoms with Crippen molar-refractivity contribution in [2.75, 3.05) is 13.7 Å². The number of fused-ring (bicyclic) bond motifs is 1. The van der Waals surface area contributed by atoms with Gasteiger partial charge in [0.2, 0.25) is 0 Å². The Hall–Kier alpha value is -1.11. The van der Waals surface area contributed by atoms with Gasteiger partial charge >= 0.3 is 0 Å². The predicted molar refractivity (Wildman–Crippen MR) is 81.4 cm³/mol. The van der Waals surface area contributed by atoms with Gasteiger partial charge in [-0.1, -0.05) is 37.5 Å². The van der Waals surface area contributed by atoms with Crippen molar-refractivity contribution in [1.29, 1.82) is 0 Å². The van der Waals surface area contributed by atoms with Gasteiger partial charge in [-0.15, -0.1) is 0 Å². The van der Waals surface area contributed by atoms with Crippen LogP contribution in [0.25, 0.3) is 0 Å². The van der Waals surface area contributed by atoms with Gasteiger partial charge in [-0.25, -0.2) is 0 Å². The summed E-state index contributed by atoms with van der Waals surface area (Å²) in [5, 5.41) is 0. The van der Waals surface area contributed by atoms with Crippen LogP contribution in [0.3, 0.4) is 0 Å². The molecule has 1 atom stereocenters. The third-order valence-corrected chi connectivity index (χ3v) is 6.10. The molecule has 1 heterocycles. The van der Waals surface area contributed by atoms with Crippen LogP contribution in [-0.2, 0) is 10.2 Å². The number of ether oxygens (including phenoxy) is 1. The van der Waals surface area contributed by atoms with E-state index in [2.05, 4.69) is 4.72 Å². The lowest BCUT2D eigenvalue weighted by atomic mass is 9.96. The Kier molecular flexibility index (Phi) is 4.19. The summed E-state index contributed by atoms with van der Waals surface area (Å²) in [6.45, 7) is 0.358. The summed E-state index contributed by atoms with van der Waals surface area (Å²) in [4.78, 5) is 0. The van der Waals surface area contributed by atoms with E-state index in [0.717, 1.165) is 37.0 Å². The van der Waals surface area contributed by atoms with Crippen molar-refractivity contribution in [3.8, 4) is 5.75 Å². The summed E-state index contributed by atoms with van der Waals surface area (Å²) >= 11 is 0. The average molecular weight is 310 g/mol. The maximum absolute atomic E-state index is 12.6. The van der Waals surface area contributed by atoms with Crippen LogP contribution in [0.5, 0.6) is 5.75 Å². The summed E-state index contributed by atoms with van der Waals surface area (Å²) in [5.41, 5.74) is 0.915. The maximum atomic E-state index is 12.6. The number of hydrogen-bond acceptors (Lipinski definition) is 3. The molecule has 1 fully saturated rings. The quantitative estimate of drug-likeness (QED) is 0.927. The highest BCUT2D eigenvalue weighted by molar-refractivity contribution is 7.87. The second kappa shape index (κ2) is 5.94. The average Bonchev–Trinajstić information content (AvgIpc) is 2.90. The van der Waals surface area contributed by atoms with Crippen molar-refractivity contribution in [2.45, 2.75) is 44.2 Å². The fourth-order valence-corrected chi connectivity index (χ4v) is 4.49. The SMILES string of the molecule is CN(C1CCCCC1)S(=O)(=O)N[C@H]1COc2ccccc21. The predicted octanol–water partition coefficient (Wildman–Crippen LogP) is 2.22. The summed E-state index contributed by atoms with van der Waals surface area (Å²) in [6.07, 6.45) is 5.34. The number of benzene rings is 1. The molecule has 21 heavy (non-hydrogen) atoms. The summed E-state index contributed by atoms with van der Waals surface area (Å²) in [5.74, 6) is 0.769. The number of nitrogens with zero attached hydrogens (tertiary/aromatic N) is 1. The fraction of sp³-hybridized carbons (Fsp3) is 0.600. The van der Waals surface area contributed by atoms with Gasteiger partial charge in [0.25, 0.3) is 10.2 Å². The van der Waals surface area contributed by atoms with E-state index in [1.807, 2.05) is 24.3 Å². The second-order valence-electron chi connectivity index (χ2n) is 5.83. The molecule has 1 aromatic rings. The first-order valence-electron chi connectivity index (χ1n) is 7.55. The molecule has 0 radical (unpaired) electrons. The molecule has 1 aromatic carbocycles. The zero-order valence-corrected chi connectivity index (χ0v) is 13.1. The summed E-state index contributed by atoms with van der Waals surface area (Å²) in [6, 6.07) is 7.40. The lowest BCUT2D eigenvalue weighted by Crippen LogP contribution is -2.46.